The van der Waals surface area contributed by atoms with E-state index in [2.05, 4.69) is 22.8 Å². The van der Waals surface area contributed by atoms with Crippen molar-refractivity contribution in [1.82, 2.24) is 5.32 Å². The summed E-state index contributed by atoms with van der Waals surface area (Å²) in [6.07, 6.45) is 1.55. The summed E-state index contributed by atoms with van der Waals surface area (Å²) in [6, 6.07) is 8.18. The van der Waals surface area contributed by atoms with Crippen LogP contribution in [-0.2, 0) is 15.7 Å². The van der Waals surface area contributed by atoms with Crippen LogP contribution in [0.3, 0.4) is 0 Å². The van der Waals surface area contributed by atoms with Gasteiger partial charge in [0.2, 0.25) is 10.3 Å². The third kappa shape index (κ3) is 1.66. The van der Waals surface area contributed by atoms with Crippen molar-refractivity contribution in [2.45, 2.75) is 18.3 Å². The number of rotatable bonds is 0. The molecular weight excluding hydrogens is 236 g/mol. The normalized spacial score (nSPS) is 26.7. The Morgan fingerprint density at radius 1 is 1.18 bits per heavy atom. The second-order valence-corrected chi connectivity index (χ2v) is 5.65. The smallest absolute Gasteiger partial charge is 0.228 e. The summed E-state index contributed by atoms with van der Waals surface area (Å²) in [5, 5.41) is 6.35. The van der Waals surface area contributed by atoms with Gasteiger partial charge in [-0.2, -0.15) is 8.42 Å². The van der Waals surface area contributed by atoms with Crippen molar-refractivity contribution in [1.29, 1.82) is 0 Å². The van der Waals surface area contributed by atoms with E-state index < -0.39 is 10.3 Å². The van der Waals surface area contributed by atoms with Gasteiger partial charge in [0, 0.05) is 30.6 Å². The minimum atomic E-state index is -2.12. The van der Waals surface area contributed by atoms with E-state index in [1.165, 1.54) is 5.56 Å². The molecule has 2 aliphatic heterocycles. The van der Waals surface area contributed by atoms with Crippen LogP contribution in [0.1, 0.15) is 18.4 Å². The van der Waals surface area contributed by atoms with E-state index in [0.29, 0.717) is 11.4 Å². The first-order valence-electron chi connectivity index (χ1n) is 5.74. The summed E-state index contributed by atoms with van der Waals surface area (Å²) in [4.78, 5) is 0.440. The van der Waals surface area contributed by atoms with Crippen LogP contribution in [0.4, 0.5) is 5.69 Å². The maximum absolute atomic E-state index is 11.1. The number of anilines is 1. The number of nitrogens with one attached hydrogen (secondary N) is 2. The van der Waals surface area contributed by atoms with Crippen molar-refractivity contribution in [3.63, 3.8) is 0 Å². The number of para-hydroxylation sites is 1. The molecule has 90 valence electrons. The number of benzene rings is 1. The van der Waals surface area contributed by atoms with Crippen LogP contribution in [0, 0.1) is 0 Å². The Labute approximate surface area is 102 Å². The van der Waals surface area contributed by atoms with Crippen molar-refractivity contribution in [3.05, 3.63) is 29.8 Å². The zero-order valence-electron chi connectivity index (χ0n) is 9.36. The Morgan fingerprint density at radius 2 is 2.00 bits per heavy atom. The van der Waals surface area contributed by atoms with Gasteiger partial charge in [0.1, 0.15) is 4.99 Å². The van der Waals surface area contributed by atoms with E-state index in [-0.39, 0.29) is 5.41 Å². The van der Waals surface area contributed by atoms with E-state index in [0.717, 1.165) is 25.2 Å². The summed E-state index contributed by atoms with van der Waals surface area (Å²) in [6.45, 7) is 1.55. The van der Waals surface area contributed by atoms with Gasteiger partial charge >= 0.3 is 0 Å². The Hall–Kier alpha value is -1.33. The van der Waals surface area contributed by atoms with E-state index in [4.69, 9.17) is 0 Å². The molecule has 0 aliphatic carbocycles. The van der Waals surface area contributed by atoms with Gasteiger partial charge in [0.15, 0.2) is 0 Å². The van der Waals surface area contributed by atoms with Crippen molar-refractivity contribution in [2.24, 2.45) is 0 Å². The van der Waals surface area contributed by atoms with Gasteiger partial charge in [-0.1, -0.05) is 18.2 Å². The largest absolute Gasteiger partial charge is 0.384 e. The van der Waals surface area contributed by atoms with E-state index in [9.17, 15) is 8.42 Å². The van der Waals surface area contributed by atoms with E-state index in [1.54, 1.807) is 0 Å². The molecule has 2 heterocycles. The van der Waals surface area contributed by atoms with Crippen LogP contribution in [0.2, 0.25) is 0 Å². The second kappa shape index (κ2) is 3.85. The molecule has 5 heteroatoms. The minimum absolute atomic E-state index is 0.0444. The number of fused-ring (bicyclic) bond motifs is 2. The highest BCUT2D eigenvalue weighted by Crippen LogP contribution is 2.42. The molecule has 1 saturated heterocycles. The summed E-state index contributed by atoms with van der Waals surface area (Å²) in [5.74, 6) is 0. The van der Waals surface area contributed by atoms with Gasteiger partial charge in [0.05, 0.1) is 0 Å². The number of piperidine rings is 1. The van der Waals surface area contributed by atoms with E-state index >= 15 is 0 Å². The average molecular weight is 250 g/mol. The average Bonchev–Trinajstić information content (AvgIpc) is 2.69. The van der Waals surface area contributed by atoms with Crippen molar-refractivity contribution in [2.75, 3.05) is 18.4 Å². The van der Waals surface area contributed by atoms with Crippen molar-refractivity contribution < 1.29 is 8.42 Å². The second-order valence-electron chi connectivity index (χ2n) is 4.69. The summed E-state index contributed by atoms with van der Waals surface area (Å²) in [5.41, 5.74) is 2.35. The Balaban J connectivity index is 2.07. The first-order chi connectivity index (χ1) is 8.21. The maximum Gasteiger partial charge on any atom is 0.228 e. The standard InChI is InChI=1S/C12H14N2O2S/c15-17(16)11-7-12(5-6-13-11)8-14-10-4-2-1-3-9(10)12/h1-4,13-14H,5-8H2. The molecule has 17 heavy (non-hydrogen) atoms. The fourth-order valence-electron chi connectivity index (χ4n) is 2.86. The van der Waals surface area contributed by atoms with Crippen molar-refractivity contribution >= 4 is 21.0 Å². The first kappa shape index (κ1) is 10.8. The van der Waals surface area contributed by atoms with Crippen LogP contribution in [0.15, 0.2) is 24.3 Å². The summed E-state index contributed by atoms with van der Waals surface area (Å²) in [7, 11) is -2.12. The predicted molar refractivity (Wildman–Crippen MR) is 67.8 cm³/mol. The highest BCUT2D eigenvalue weighted by molar-refractivity contribution is 7.72. The lowest BCUT2D eigenvalue weighted by Crippen LogP contribution is -2.45. The molecule has 1 aromatic rings. The lowest BCUT2D eigenvalue weighted by Gasteiger charge is -2.33. The van der Waals surface area contributed by atoms with Crippen LogP contribution in [-0.4, -0.2) is 26.5 Å². The highest BCUT2D eigenvalue weighted by Gasteiger charge is 2.41. The molecule has 2 aliphatic rings. The molecule has 4 nitrogen and oxygen atoms in total. The number of hydrogen-bond acceptors (Lipinski definition) is 3. The molecule has 0 aromatic heterocycles. The van der Waals surface area contributed by atoms with Gasteiger partial charge < -0.3 is 5.32 Å². The molecule has 1 aromatic carbocycles. The molecular formula is C12H14N2O2S. The van der Waals surface area contributed by atoms with Crippen LogP contribution in [0.25, 0.3) is 0 Å². The third-order valence-corrected chi connectivity index (χ3v) is 4.43. The Bertz CT molecular complexity index is 582. The SMILES string of the molecule is O=S(=O)=C1CC2(CCN1)CNc1ccccc12. The first-order valence-corrected chi connectivity index (χ1v) is 6.81. The summed E-state index contributed by atoms with van der Waals surface area (Å²) >= 11 is 0. The topological polar surface area (TPSA) is 58.2 Å². The van der Waals surface area contributed by atoms with Gasteiger partial charge in [-0.15, -0.1) is 0 Å². The van der Waals surface area contributed by atoms with Gasteiger partial charge in [-0.05, 0) is 18.1 Å². The fourth-order valence-corrected chi connectivity index (χ4v) is 3.47. The van der Waals surface area contributed by atoms with Crippen molar-refractivity contribution in [3.8, 4) is 0 Å². The van der Waals surface area contributed by atoms with Crippen LogP contribution < -0.4 is 10.6 Å². The van der Waals surface area contributed by atoms with E-state index in [1.807, 2.05) is 12.1 Å². The molecule has 1 unspecified atom stereocenters. The molecule has 1 atom stereocenters. The fraction of sp³-hybridized carbons (Fsp3) is 0.417. The third-order valence-electron chi connectivity index (χ3n) is 3.74. The lowest BCUT2D eigenvalue weighted by molar-refractivity contribution is 0.419. The molecule has 3 rings (SSSR count). The predicted octanol–water partition coefficient (Wildman–Crippen LogP) is 0.742. The molecule has 1 fully saturated rings. The summed E-state index contributed by atoms with van der Waals surface area (Å²) < 4.78 is 22.2. The molecule has 2 N–H and O–H groups in total. The molecule has 1 spiro atoms. The van der Waals surface area contributed by atoms with Crippen LogP contribution >= 0.6 is 0 Å². The van der Waals surface area contributed by atoms with Gasteiger partial charge in [0.25, 0.3) is 0 Å². The monoisotopic (exact) mass is 250 g/mol. The zero-order valence-corrected chi connectivity index (χ0v) is 10.2. The van der Waals surface area contributed by atoms with Gasteiger partial charge in [-0.3, -0.25) is 5.32 Å². The zero-order chi connectivity index (χ0) is 11.9. The van der Waals surface area contributed by atoms with Gasteiger partial charge in [-0.25, -0.2) is 0 Å². The Morgan fingerprint density at radius 3 is 2.82 bits per heavy atom. The molecule has 0 bridgehead atoms. The lowest BCUT2D eigenvalue weighted by atomic mass is 9.75. The molecule has 0 amide bonds. The maximum atomic E-state index is 11.1. The molecule has 0 saturated carbocycles. The minimum Gasteiger partial charge on any atom is -0.384 e. The van der Waals surface area contributed by atoms with Crippen LogP contribution in [0.5, 0.6) is 0 Å². The molecule has 0 radical (unpaired) electrons. The quantitative estimate of drug-likeness (QED) is 0.667. The number of hydrogen-bond donors (Lipinski definition) is 2. The Kier molecular flexibility index (Phi) is 2.45. The highest BCUT2D eigenvalue weighted by atomic mass is 32.2.